The van der Waals surface area contributed by atoms with Gasteiger partial charge < -0.3 is 15.4 Å². The van der Waals surface area contributed by atoms with Gasteiger partial charge in [-0.15, -0.1) is 0 Å². The van der Waals surface area contributed by atoms with Gasteiger partial charge in [0, 0.05) is 33.4 Å². The Bertz CT molecular complexity index is 313. The zero-order valence-electron chi connectivity index (χ0n) is 8.99. The van der Waals surface area contributed by atoms with E-state index in [4.69, 9.17) is 17.0 Å². The SMILES string of the molecule is COCCCNC(=S)Nc1ccnn1C. The van der Waals surface area contributed by atoms with E-state index in [0.717, 1.165) is 25.4 Å². The highest BCUT2D eigenvalue weighted by Gasteiger charge is 1.99. The maximum absolute atomic E-state index is 5.11. The molecule has 1 rings (SSSR count). The highest BCUT2D eigenvalue weighted by atomic mass is 32.1. The minimum atomic E-state index is 0.606. The number of hydrogen-bond donors (Lipinski definition) is 2. The molecular formula is C9H16N4OS. The van der Waals surface area contributed by atoms with Crippen molar-refractivity contribution in [2.45, 2.75) is 6.42 Å². The van der Waals surface area contributed by atoms with Crippen molar-refractivity contribution >= 4 is 23.1 Å². The molecular weight excluding hydrogens is 212 g/mol. The fourth-order valence-corrected chi connectivity index (χ4v) is 1.28. The zero-order valence-corrected chi connectivity index (χ0v) is 9.80. The minimum absolute atomic E-state index is 0.606. The van der Waals surface area contributed by atoms with E-state index in [1.807, 2.05) is 13.1 Å². The van der Waals surface area contributed by atoms with Gasteiger partial charge in [0.25, 0.3) is 0 Å². The van der Waals surface area contributed by atoms with Crippen LogP contribution in [-0.2, 0) is 11.8 Å². The first-order valence-electron chi connectivity index (χ1n) is 4.76. The van der Waals surface area contributed by atoms with Gasteiger partial charge in [-0.25, -0.2) is 0 Å². The van der Waals surface area contributed by atoms with E-state index in [2.05, 4.69) is 15.7 Å². The molecule has 5 nitrogen and oxygen atoms in total. The molecule has 0 aliphatic carbocycles. The molecule has 0 aromatic carbocycles. The number of anilines is 1. The van der Waals surface area contributed by atoms with E-state index < -0.39 is 0 Å². The topological polar surface area (TPSA) is 51.1 Å². The molecule has 6 heteroatoms. The standard InChI is InChI=1S/C9H16N4OS/c1-13-8(4-6-11-13)12-9(15)10-5-3-7-14-2/h4,6H,3,5,7H2,1-2H3,(H2,10,12,15). The van der Waals surface area contributed by atoms with Crippen LogP contribution in [0.4, 0.5) is 5.82 Å². The van der Waals surface area contributed by atoms with Crippen molar-refractivity contribution < 1.29 is 4.74 Å². The summed E-state index contributed by atoms with van der Waals surface area (Å²) in [6.45, 7) is 1.54. The van der Waals surface area contributed by atoms with Crippen LogP contribution < -0.4 is 10.6 Å². The normalized spacial score (nSPS) is 10.0. The molecule has 0 atom stereocenters. The van der Waals surface area contributed by atoms with Gasteiger partial charge >= 0.3 is 0 Å². The lowest BCUT2D eigenvalue weighted by atomic mass is 10.4. The van der Waals surface area contributed by atoms with Crippen molar-refractivity contribution in [3.8, 4) is 0 Å². The number of thiocarbonyl (C=S) groups is 1. The smallest absolute Gasteiger partial charge is 0.171 e. The second kappa shape index (κ2) is 6.36. The van der Waals surface area contributed by atoms with Crippen LogP contribution in [0.3, 0.4) is 0 Å². The third-order valence-corrected chi connectivity index (χ3v) is 2.12. The number of aromatic nitrogens is 2. The summed E-state index contributed by atoms with van der Waals surface area (Å²) in [5.74, 6) is 0.874. The molecule has 1 aromatic rings. The Balaban J connectivity index is 2.22. The van der Waals surface area contributed by atoms with Gasteiger partial charge in [0.15, 0.2) is 5.11 Å². The molecule has 0 aliphatic heterocycles. The van der Waals surface area contributed by atoms with Crippen molar-refractivity contribution in [2.24, 2.45) is 7.05 Å². The lowest BCUT2D eigenvalue weighted by Crippen LogP contribution is -2.30. The average molecular weight is 228 g/mol. The Morgan fingerprint density at radius 2 is 2.47 bits per heavy atom. The van der Waals surface area contributed by atoms with Crippen molar-refractivity contribution in [1.82, 2.24) is 15.1 Å². The number of aryl methyl sites for hydroxylation is 1. The maximum Gasteiger partial charge on any atom is 0.171 e. The van der Waals surface area contributed by atoms with Crippen molar-refractivity contribution in [3.63, 3.8) is 0 Å². The van der Waals surface area contributed by atoms with Crippen LogP contribution in [-0.4, -0.2) is 35.2 Å². The summed E-state index contributed by atoms with van der Waals surface area (Å²) in [6, 6.07) is 1.86. The summed E-state index contributed by atoms with van der Waals surface area (Å²) < 4.78 is 6.66. The summed E-state index contributed by atoms with van der Waals surface area (Å²) in [5.41, 5.74) is 0. The molecule has 0 spiro atoms. The Labute approximate surface area is 94.8 Å². The quantitative estimate of drug-likeness (QED) is 0.575. The highest BCUT2D eigenvalue weighted by molar-refractivity contribution is 7.80. The lowest BCUT2D eigenvalue weighted by molar-refractivity contribution is 0.196. The van der Waals surface area contributed by atoms with E-state index in [1.54, 1.807) is 18.0 Å². The molecule has 0 unspecified atom stereocenters. The van der Waals surface area contributed by atoms with Crippen LogP contribution in [0, 0.1) is 0 Å². The average Bonchev–Trinajstić information content (AvgIpc) is 2.59. The third-order valence-electron chi connectivity index (χ3n) is 1.87. The largest absolute Gasteiger partial charge is 0.385 e. The summed E-state index contributed by atoms with van der Waals surface area (Å²) in [4.78, 5) is 0. The van der Waals surface area contributed by atoms with Crippen LogP contribution in [0.5, 0.6) is 0 Å². The molecule has 0 amide bonds. The van der Waals surface area contributed by atoms with E-state index in [0.29, 0.717) is 5.11 Å². The fourth-order valence-electron chi connectivity index (χ4n) is 1.08. The first kappa shape index (κ1) is 11.9. The van der Waals surface area contributed by atoms with Gasteiger partial charge in [-0.3, -0.25) is 4.68 Å². The Kier molecular flexibility index (Phi) is 5.06. The summed E-state index contributed by atoms with van der Waals surface area (Å²) in [5, 5.41) is 10.8. The summed E-state index contributed by atoms with van der Waals surface area (Å²) in [6.07, 6.45) is 2.65. The van der Waals surface area contributed by atoms with E-state index >= 15 is 0 Å². The van der Waals surface area contributed by atoms with Crippen LogP contribution in [0.25, 0.3) is 0 Å². The molecule has 2 N–H and O–H groups in total. The number of methoxy groups -OCH3 is 1. The molecule has 0 bridgehead atoms. The van der Waals surface area contributed by atoms with Gasteiger partial charge in [0.05, 0.1) is 6.20 Å². The third kappa shape index (κ3) is 4.26. The fraction of sp³-hybridized carbons (Fsp3) is 0.556. The van der Waals surface area contributed by atoms with Crippen molar-refractivity contribution in [3.05, 3.63) is 12.3 Å². The van der Waals surface area contributed by atoms with Crippen molar-refractivity contribution in [2.75, 3.05) is 25.6 Å². The molecule has 15 heavy (non-hydrogen) atoms. The van der Waals surface area contributed by atoms with Gasteiger partial charge in [-0.05, 0) is 18.6 Å². The molecule has 1 heterocycles. The maximum atomic E-state index is 5.11. The number of hydrogen-bond acceptors (Lipinski definition) is 3. The van der Waals surface area contributed by atoms with E-state index in [1.165, 1.54) is 0 Å². The molecule has 84 valence electrons. The van der Waals surface area contributed by atoms with Crippen LogP contribution in [0.15, 0.2) is 12.3 Å². The van der Waals surface area contributed by atoms with E-state index in [-0.39, 0.29) is 0 Å². The van der Waals surface area contributed by atoms with E-state index in [9.17, 15) is 0 Å². The van der Waals surface area contributed by atoms with Gasteiger partial charge in [-0.1, -0.05) is 0 Å². The molecule has 0 aliphatic rings. The number of nitrogens with one attached hydrogen (secondary N) is 2. The predicted octanol–water partition coefficient (Wildman–Crippen LogP) is 0.743. The van der Waals surface area contributed by atoms with Gasteiger partial charge in [-0.2, -0.15) is 5.10 Å². The monoisotopic (exact) mass is 228 g/mol. The van der Waals surface area contributed by atoms with Crippen molar-refractivity contribution in [1.29, 1.82) is 0 Å². The van der Waals surface area contributed by atoms with Crippen LogP contribution >= 0.6 is 12.2 Å². The molecule has 0 radical (unpaired) electrons. The molecule has 0 fully saturated rings. The Morgan fingerprint density at radius 1 is 1.67 bits per heavy atom. The van der Waals surface area contributed by atoms with Gasteiger partial charge in [0.1, 0.15) is 5.82 Å². The first-order valence-corrected chi connectivity index (χ1v) is 5.16. The zero-order chi connectivity index (χ0) is 11.1. The predicted molar refractivity (Wildman–Crippen MR) is 63.9 cm³/mol. The Morgan fingerprint density at radius 3 is 3.07 bits per heavy atom. The second-order valence-electron chi connectivity index (χ2n) is 3.07. The Hall–Kier alpha value is -1.14. The van der Waals surface area contributed by atoms with Crippen LogP contribution in [0.2, 0.25) is 0 Å². The van der Waals surface area contributed by atoms with Gasteiger partial charge in [0.2, 0.25) is 0 Å². The lowest BCUT2D eigenvalue weighted by Gasteiger charge is -2.09. The molecule has 0 saturated carbocycles. The number of rotatable bonds is 5. The second-order valence-corrected chi connectivity index (χ2v) is 3.48. The summed E-state index contributed by atoms with van der Waals surface area (Å²) >= 11 is 5.11. The van der Waals surface area contributed by atoms with Crippen LogP contribution in [0.1, 0.15) is 6.42 Å². The molecule has 0 saturated heterocycles. The number of nitrogens with zero attached hydrogens (tertiary/aromatic N) is 2. The number of ether oxygens (including phenoxy) is 1. The first-order chi connectivity index (χ1) is 7.24. The highest BCUT2D eigenvalue weighted by Crippen LogP contribution is 2.02. The summed E-state index contributed by atoms with van der Waals surface area (Å²) in [7, 11) is 3.54. The molecule has 1 aromatic heterocycles. The minimum Gasteiger partial charge on any atom is -0.385 e.